The lowest BCUT2D eigenvalue weighted by Crippen LogP contribution is -2.29. The predicted octanol–water partition coefficient (Wildman–Crippen LogP) is -0.695. The molecule has 0 amide bonds. The Labute approximate surface area is 96.6 Å². The second-order valence-corrected chi connectivity index (χ2v) is 4.48. The van der Waals surface area contributed by atoms with Gasteiger partial charge < -0.3 is 22.1 Å². The van der Waals surface area contributed by atoms with Gasteiger partial charge in [-0.25, -0.2) is 0 Å². The monoisotopic (exact) mass is 226 g/mol. The van der Waals surface area contributed by atoms with E-state index in [1.54, 1.807) is 0 Å². The molecule has 1 heterocycles. The molecule has 0 aliphatic carbocycles. The van der Waals surface area contributed by atoms with Gasteiger partial charge in [-0.1, -0.05) is 0 Å². The second-order valence-electron chi connectivity index (χ2n) is 4.48. The van der Waals surface area contributed by atoms with Gasteiger partial charge in [0.25, 0.3) is 0 Å². The molecule has 16 heavy (non-hydrogen) atoms. The van der Waals surface area contributed by atoms with Crippen LogP contribution in [-0.2, 0) is 0 Å². The summed E-state index contributed by atoms with van der Waals surface area (Å²) in [4.78, 5) is 10.3. The minimum atomic E-state index is -0.0449. The topological polar surface area (TPSA) is 106 Å². The fraction of sp³-hybridized carbons (Fsp3) is 0.800. The van der Waals surface area contributed by atoms with Crippen molar-refractivity contribution in [1.82, 2.24) is 4.90 Å². The van der Waals surface area contributed by atoms with Crippen LogP contribution in [0.15, 0.2) is 9.98 Å². The summed E-state index contributed by atoms with van der Waals surface area (Å²) in [6.45, 7) is 7.33. The lowest BCUT2D eigenvalue weighted by molar-refractivity contribution is 0.266. The summed E-state index contributed by atoms with van der Waals surface area (Å²) in [5, 5.41) is 0. The van der Waals surface area contributed by atoms with Gasteiger partial charge in [0.2, 0.25) is 5.96 Å². The van der Waals surface area contributed by atoms with E-state index in [2.05, 4.69) is 28.7 Å². The van der Waals surface area contributed by atoms with E-state index in [1.807, 2.05) is 0 Å². The smallest absolute Gasteiger partial charge is 0.218 e. The highest BCUT2D eigenvalue weighted by Crippen LogP contribution is 2.18. The lowest BCUT2D eigenvalue weighted by atomic mass is 10.1. The molecule has 6 heteroatoms. The number of hydrogen-bond donors (Lipinski definition) is 3. The van der Waals surface area contributed by atoms with Crippen LogP contribution in [0, 0.1) is 5.92 Å². The second kappa shape index (κ2) is 5.69. The SMILES string of the molecule is CC(C)N1CCC(CN=C(N)N=C(N)N)C1. The van der Waals surface area contributed by atoms with E-state index in [4.69, 9.17) is 17.2 Å². The van der Waals surface area contributed by atoms with E-state index in [0.717, 1.165) is 19.5 Å². The highest BCUT2D eigenvalue weighted by Gasteiger charge is 2.23. The fourth-order valence-corrected chi connectivity index (χ4v) is 1.87. The third-order valence-electron chi connectivity index (χ3n) is 2.80. The zero-order valence-electron chi connectivity index (χ0n) is 10.1. The van der Waals surface area contributed by atoms with Crippen LogP contribution in [0.4, 0.5) is 0 Å². The van der Waals surface area contributed by atoms with E-state index in [9.17, 15) is 0 Å². The van der Waals surface area contributed by atoms with Gasteiger partial charge in [0.05, 0.1) is 0 Å². The molecule has 1 aliphatic rings. The van der Waals surface area contributed by atoms with E-state index < -0.39 is 0 Å². The van der Waals surface area contributed by atoms with Crippen molar-refractivity contribution in [3.63, 3.8) is 0 Å². The Hall–Kier alpha value is -1.30. The fourth-order valence-electron chi connectivity index (χ4n) is 1.87. The molecule has 0 aromatic heterocycles. The molecular weight excluding hydrogens is 204 g/mol. The number of likely N-dealkylation sites (tertiary alicyclic amines) is 1. The first-order valence-electron chi connectivity index (χ1n) is 5.62. The first-order valence-corrected chi connectivity index (χ1v) is 5.62. The summed E-state index contributed by atoms with van der Waals surface area (Å²) >= 11 is 0. The van der Waals surface area contributed by atoms with Crippen molar-refractivity contribution in [3.8, 4) is 0 Å². The molecule has 0 radical (unpaired) electrons. The average molecular weight is 226 g/mol. The molecule has 1 aliphatic heterocycles. The molecule has 1 atom stereocenters. The van der Waals surface area contributed by atoms with Gasteiger partial charge in [0.15, 0.2) is 5.96 Å². The third kappa shape index (κ3) is 4.06. The first kappa shape index (κ1) is 12.8. The first-order chi connectivity index (χ1) is 7.49. The molecule has 0 aromatic carbocycles. The zero-order valence-corrected chi connectivity index (χ0v) is 10.1. The van der Waals surface area contributed by atoms with Crippen LogP contribution in [0.2, 0.25) is 0 Å². The van der Waals surface area contributed by atoms with Gasteiger partial charge in [-0.3, -0.25) is 4.99 Å². The maximum absolute atomic E-state index is 5.54. The van der Waals surface area contributed by atoms with Crippen molar-refractivity contribution < 1.29 is 0 Å². The van der Waals surface area contributed by atoms with Crippen molar-refractivity contribution >= 4 is 11.9 Å². The predicted molar refractivity (Wildman–Crippen MR) is 67.1 cm³/mol. The summed E-state index contributed by atoms with van der Waals surface area (Å²) in [6, 6.07) is 0.601. The summed E-state index contributed by atoms with van der Waals surface area (Å²) < 4.78 is 0. The van der Waals surface area contributed by atoms with Crippen LogP contribution in [-0.4, -0.2) is 42.5 Å². The zero-order chi connectivity index (χ0) is 12.1. The van der Waals surface area contributed by atoms with Crippen LogP contribution >= 0.6 is 0 Å². The summed E-state index contributed by atoms with van der Waals surface area (Å²) in [6.07, 6.45) is 1.16. The van der Waals surface area contributed by atoms with Crippen LogP contribution in [0.3, 0.4) is 0 Å². The van der Waals surface area contributed by atoms with Crippen LogP contribution in [0.25, 0.3) is 0 Å². The molecule has 92 valence electrons. The van der Waals surface area contributed by atoms with Crippen LogP contribution < -0.4 is 17.2 Å². The number of hydrogen-bond acceptors (Lipinski definition) is 2. The third-order valence-corrected chi connectivity index (χ3v) is 2.80. The molecule has 1 unspecified atom stereocenters. The van der Waals surface area contributed by atoms with Gasteiger partial charge in [0.1, 0.15) is 0 Å². The van der Waals surface area contributed by atoms with Gasteiger partial charge in [-0.2, -0.15) is 4.99 Å². The molecule has 0 saturated carbocycles. The number of rotatable bonds is 3. The highest BCUT2D eigenvalue weighted by atomic mass is 15.2. The van der Waals surface area contributed by atoms with Gasteiger partial charge in [-0.05, 0) is 32.7 Å². The van der Waals surface area contributed by atoms with Crippen molar-refractivity contribution in [1.29, 1.82) is 0 Å². The van der Waals surface area contributed by atoms with E-state index in [-0.39, 0.29) is 11.9 Å². The number of nitrogens with zero attached hydrogens (tertiary/aromatic N) is 3. The Bertz CT molecular complexity index is 279. The Balaban J connectivity index is 2.38. The minimum Gasteiger partial charge on any atom is -0.370 e. The van der Waals surface area contributed by atoms with E-state index in [1.165, 1.54) is 0 Å². The molecule has 1 saturated heterocycles. The van der Waals surface area contributed by atoms with Crippen LogP contribution in [0.1, 0.15) is 20.3 Å². The maximum atomic E-state index is 5.54. The molecule has 6 N–H and O–H groups in total. The molecule has 0 bridgehead atoms. The minimum absolute atomic E-state index is 0.0449. The summed E-state index contributed by atoms with van der Waals surface area (Å²) in [5.41, 5.74) is 15.9. The molecule has 1 fully saturated rings. The lowest BCUT2D eigenvalue weighted by Gasteiger charge is -2.19. The van der Waals surface area contributed by atoms with Gasteiger partial charge >= 0.3 is 0 Å². The van der Waals surface area contributed by atoms with Gasteiger partial charge in [-0.15, -0.1) is 0 Å². The molecule has 1 rings (SSSR count). The quantitative estimate of drug-likeness (QED) is 0.437. The number of guanidine groups is 2. The summed E-state index contributed by atoms with van der Waals surface area (Å²) in [5.74, 6) is 0.689. The number of aliphatic imine (C=N–C) groups is 2. The van der Waals surface area contributed by atoms with Crippen molar-refractivity contribution in [2.24, 2.45) is 33.1 Å². The molecule has 6 nitrogen and oxygen atoms in total. The Morgan fingerprint density at radius 2 is 2.06 bits per heavy atom. The maximum Gasteiger partial charge on any atom is 0.218 e. The Kier molecular flexibility index (Phi) is 4.54. The Morgan fingerprint density at radius 1 is 1.38 bits per heavy atom. The Morgan fingerprint density at radius 3 is 2.56 bits per heavy atom. The average Bonchev–Trinajstić information content (AvgIpc) is 2.61. The highest BCUT2D eigenvalue weighted by molar-refractivity contribution is 5.92. The van der Waals surface area contributed by atoms with E-state index >= 15 is 0 Å². The normalized spacial score (nSPS) is 22.7. The summed E-state index contributed by atoms with van der Waals surface area (Å²) in [7, 11) is 0. The van der Waals surface area contributed by atoms with Crippen molar-refractivity contribution in [3.05, 3.63) is 0 Å². The van der Waals surface area contributed by atoms with E-state index in [0.29, 0.717) is 18.5 Å². The van der Waals surface area contributed by atoms with Crippen molar-refractivity contribution in [2.75, 3.05) is 19.6 Å². The largest absolute Gasteiger partial charge is 0.370 e. The number of nitrogens with two attached hydrogens (primary N) is 3. The molecule has 0 spiro atoms. The molecule has 0 aromatic rings. The molecular formula is C10H22N6. The van der Waals surface area contributed by atoms with Crippen molar-refractivity contribution in [2.45, 2.75) is 26.3 Å². The standard InChI is InChI=1S/C10H22N6/c1-7(2)16-4-3-8(6-16)5-14-10(13)15-9(11)12/h7-8H,3-6H2,1-2H3,(H6,11,12,13,14,15). The van der Waals surface area contributed by atoms with Crippen LogP contribution in [0.5, 0.6) is 0 Å². The van der Waals surface area contributed by atoms with Gasteiger partial charge in [0, 0.05) is 19.1 Å².